The minimum atomic E-state index is -0.0275. The second kappa shape index (κ2) is 9.80. The van der Waals surface area contributed by atoms with Crippen molar-refractivity contribution in [1.82, 2.24) is 4.57 Å². The van der Waals surface area contributed by atoms with E-state index in [1.54, 1.807) is 0 Å². The number of anilines is 3. The molecule has 0 unspecified atom stereocenters. The number of nitrogens with zero attached hydrogens (tertiary/aromatic N) is 2. The largest absolute Gasteiger partial charge is 0.454 e. The molecule has 0 saturated heterocycles. The van der Waals surface area contributed by atoms with Gasteiger partial charge in [-0.1, -0.05) is 102 Å². The zero-order chi connectivity index (χ0) is 35.4. The number of hydrogen-bond acceptors (Lipinski definition) is 3. The van der Waals surface area contributed by atoms with E-state index in [9.17, 15) is 0 Å². The molecule has 0 radical (unpaired) electrons. The van der Waals surface area contributed by atoms with Crippen LogP contribution >= 0.6 is 0 Å². The van der Waals surface area contributed by atoms with Gasteiger partial charge in [-0.05, 0) is 99.4 Å². The molecule has 6 aromatic carbocycles. The third kappa shape index (κ3) is 3.83. The maximum absolute atomic E-state index is 6.95. The van der Waals surface area contributed by atoms with Crippen LogP contribution in [0.1, 0.15) is 58.2 Å². The average Bonchev–Trinajstić information content (AvgIpc) is 3.78. The van der Waals surface area contributed by atoms with Crippen LogP contribution in [0.25, 0.3) is 60.6 Å². The van der Waals surface area contributed by atoms with Gasteiger partial charge in [0.25, 0.3) is 6.71 Å². The molecule has 0 amide bonds. The summed E-state index contributed by atoms with van der Waals surface area (Å²) in [4.78, 5) is 2.50. The number of para-hydroxylation sites is 3. The number of aryl methyl sites for hydroxylation is 1. The van der Waals surface area contributed by atoms with E-state index in [1.165, 1.54) is 55.7 Å². The van der Waals surface area contributed by atoms with Crippen LogP contribution in [-0.2, 0) is 10.8 Å². The first-order valence-corrected chi connectivity index (χ1v) is 18.5. The topological polar surface area (TPSA) is 34.5 Å². The zero-order valence-electron chi connectivity index (χ0n) is 30.7. The van der Waals surface area contributed by atoms with Crippen LogP contribution in [0.2, 0.25) is 0 Å². The highest BCUT2D eigenvalue weighted by molar-refractivity contribution is 7.00. The number of aromatic nitrogens is 1. The van der Waals surface area contributed by atoms with Crippen LogP contribution in [0, 0.1) is 6.92 Å². The predicted molar refractivity (Wildman–Crippen MR) is 219 cm³/mol. The SMILES string of the molecule is Cc1cc2c3c(c1)-n1c4c(cccc4c4oc5ccccc5c41)B3c1ccc(C(C)(C)C)cc1N2c1cccc2c1oc1cc(C(C)(C)C)ccc12. The third-order valence-electron chi connectivity index (χ3n) is 11.7. The maximum Gasteiger partial charge on any atom is 0.252 e. The van der Waals surface area contributed by atoms with Gasteiger partial charge in [-0.25, -0.2) is 0 Å². The summed E-state index contributed by atoms with van der Waals surface area (Å²) in [5, 5.41) is 4.58. The van der Waals surface area contributed by atoms with Crippen LogP contribution in [0.5, 0.6) is 0 Å². The van der Waals surface area contributed by atoms with Gasteiger partial charge in [0.15, 0.2) is 11.2 Å². The van der Waals surface area contributed by atoms with Gasteiger partial charge in [-0.3, -0.25) is 0 Å². The van der Waals surface area contributed by atoms with E-state index in [4.69, 9.17) is 8.83 Å². The second-order valence-corrected chi connectivity index (χ2v) is 17.1. The molecule has 3 aromatic heterocycles. The highest BCUT2D eigenvalue weighted by Gasteiger charge is 2.43. The lowest BCUT2D eigenvalue weighted by molar-refractivity contribution is 0.587. The lowest BCUT2D eigenvalue weighted by atomic mass is 9.33. The first-order chi connectivity index (χ1) is 25.0. The first kappa shape index (κ1) is 30.0. The molecule has 0 fully saturated rings. The Morgan fingerprint density at radius 1 is 0.500 bits per heavy atom. The molecule has 0 spiro atoms. The minimum absolute atomic E-state index is 0.0205. The Hall–Kier alpha value is -5.68. The van der Waals surface area contributed by atoms with Crippen LogP contribution < -0.4 is 21.3 Å². The van der Waals surface area contributed by atoms with Crippen molar-refractivity contribution in [3.05, 3.63) is 126 Å². The van der Waals surface area contributed by atoms with Gasteiger partial charge in [0.1, 0.15) is 16.7 Å². The van der Waals surface area contributed by atoms with Gasteiger partial charge in [-0.15, -0.1) is 0 Å². The smallest absolute Gasteiger partial charge is 0.252 e. The molecule has 9 aromatic rings. The predicted octanol–water partition coefficient (Wildman–Crippen LogP) is 10.9. The van der Waals surface area contributed by atoms with Crippen LogP contribution in [-0.4, -0.2) is 11.3 Å². The molecule has 11 rings (SSSR count). The standard InChI is InChI=1S/C47H39BN2O2/c1-26-22-37-41-38(23-26)50-42-32(45-43(50)31-12-8-9-17-39(31)51-45)14-10-15-34(42)48(41)33-21-19-27(46(2,3)4)24-36(33)49(37)35-16-11-13-30-29-20-18-28(47(5,6)7)25-40(29)52-44(30)35/h8-25H,1-7H3. The highest BCUT2D eigenvalue weighted by atomic mass is 16.3. The van der Waals surface area contributed by atoms with Crippen LogP contribution in [0.4, 0.5) is 17.1 Å². The minimum Gasteiger partial charge on any atom is -0.454 e. The fourth-order valence-electron chi connectivity index (χ4n) is 9.18. The Kier molecular flexibility index (Phi) is 5.65. The van der Waals surface area contributed by atoms with Gasteiger partial charge < -0.3 is 18.3 Å². The monoisotopic (exact) mass is 674 g/mol. The Morgan fingerprint density at radius 3 is 2.02 bits per heavy atom. The summed E-state index contributed by atoms with van der Waals surface area (Å²) in [6.07, 6.45) is 0. The molecule has 0 bridgehead atoms. The molecule has 252 valence electrons. The summed E-state index contributed by atoms with van der Waals surface area (Å²) in [7, 11) is 0. The van der Waals surface area contributed by atoms with E-state index in [2.05, 4.69) is 167 Å². The summed E-state index contributed by atoms with van der Waals surface area (Å²) in [5.74, 6) is 0. The molecule has 0 atom stereocenters. The molecule has 0 saturated carbocycles. The molecule has 2 aliphatic rings. The van der Waals surface area contributed by atoms with Crippen LogP contribution in [0.3, 0.4) is 0 Å². The number of furan rings is 2. The molecule has 52 heavy (non-hydrogen) atoms. The van der Waals surface area contributed by atoms with Crippen molar-refractivity contribution < 1.29 is 8.83 Å². The van der Waals surface area contributed by atoms with Gasteiger partial charge in [0, 0.05) is 38.6 Å². The van der Waals surface area contributed by atoms with Gasteiger partial charge >= 0.3 is 0 Å². The fourth-order valence-corrected chi connectivity index (χ4v) is 9.18. The van der Waals surface area contributed by atoms with E-state index in [0.29, 0.717) is 0 Å². The Bertz CT molecular complexity index is 3010. The first-order valence-electron chi connectivity index (χ1n) is 18.5. The summed E-state index contributed by atoms with van der Waals surface area (Å²) in [5.41, 5.74) is 18.5. The van der Waals surface area contributed by atoms with E-state index < -0.39 is 0 Å². The summed E-state index contributed by atoms with van der Waals surface area (Å²) in [6.45, 7) is 16.0. The molecule has 5 heteroatoms. The van der Waals surface area contributed by atoms with E-state index in [1.807, 2.05) is 0 Å². The molecule has 5 heterocycles. The van der Waals surface area contributed by atoms with Crippen molar-refractivity contribution in [3.8, 4) is 5.69 Å². The Morgan fingerprint density at radius 2 is 1.19 bits per heavy atom. The normalized spacial score (nSPS) is 14.0. The molecule has 0 N–H and O–H groups in total. The van der Waals surface area contributed by atoms with Crippen molar-refractivity contribution in [2.75, 3.05) is 4.90 Å². The quantitative estimate of drug-likeness (QED) is 0.163. The summed E-state index contributed by atoms with van der Waals surface area (Å²) in [6, 6.07) is 40.5. The fraction of sp³-hybridized carbons (Fsp3) is 0.191. The molecule has 2 aliphatic heterocycles. The Balaban J connectivity index is 1.28. The third-order valence-corrected chi connectivity index (χ3v) is 11.7. The summed E-state index contributed by atoms with van der Waals surface area (Å²) >= 11 is 0. The van der Waals surface area contributed by atoms with Crippen molar-refractivity contribution in [1.29, 1.82) is 0 Å². The van der Waals surface area contributed by atoms with Gasteiger partial charge in [0.2, 0.25) is 0 Å². The van der Waals surface area contributed by atoms with Crippen molar-refractivity contribution in [2.24, 2.45) is 0 Å². The van der Waals surface area contributed by atoms with Gasteiger partial charge in [0.05, 0.1) is 11.2 Å². The highest BCUT2D eigenvalue weighted by Crippen LogP contribution is 2.47. The van der Waals surface area contributed by atoms with Gasteiger partial charge in [-0.2, -0.15) is 0 Å². The maximum atomic E-state index is 6.95. The second-order valence-electron chi connectivity index (χ2n) is 17.1. The lowest BCUT2D eigenvalue weighted by Crippen LogP contribution is -2.60. The van der Waals surface area contributed by atoms with Crippen molar-refractivity contribution in [3.63, 3.8) is 0 Å². The number of rotatable bonds is 1. The van der Waals surface area contributed by atoms with Crippen molar-refractivity contribution >= 4 is 95.1 Å². The Labute approximate surface area is 303 Å². The molecular formula is C47H39BN2O2. The van der Waals surface area contributed by atoms with Crippen molar-refractivity contribution in [2.45, 2.75) is 59.3 Å². The number of benzene rings is 6. The van der Waals surface area contributed by atoms with E-state index in [0.717, 1.165) is 55.1 Å². The molecule has 4 nitrogen and oxygen atoms in total. The summed E-state index contributed by atoms with van der Waals surface area (Å²) < 4.78 is 16.1. The number of fused-ring (bicyclic) bond motifs is 12. The lowest BCUT2D eigenvalue weighted by Gasteiger charge is -2.41. The van der Waals surface area contributed by atoms with E-state index in [-0.39, 0.29) is 17.5 Å². The zero-order valence-corrected chi connectivity index (χ0v) is 30.7. The molecule has 0 aliphatic carbocycles. The number of hydrogen-bond donors (Lipinski definition) is 0. The van der Waals surface area contributed by atoms with E-state index >= 15 is 0 Å². The molecular weight excluding hydrogens is 635 g/mol. The average molecular weight is 675 g/mol. The van der Waals surface area contributed by atoms with Crippen LogP contribution in [0.15, 0.2) is 118 Å².